The third-order valence-corrected chi connectivity index (χ3v) is 4.89. The molecule has 0 radical (unpaired) electrons. The molecule has 1 amide bonds. The van der Waals surface area contributed by atoms with Crippen molar-refractivity contribution < 1.29 is 9.72 Å². The van der Waals surface area contributed by atoms with Gasteiger partial charge in [-0.3, -0.25) is 14.9 Å². The molecule has 4 rings (SSSR count). The van der Waals surface area contributed by atoms with Crippen molar-refractivity contribution in [2.45, 2.75) is 18.9 Å². The summed E-state index contributed by atoms with van der Waals surface area (Å²) in [4.78, 5) is 22.5. The van der Waals surface area contributed by atoms with E-state index in [1.165, 1.54) is 6.07 Å². The van der Waals surface area contributed by atoms with Crippen LogP contribution in [-0.4, -0.2) is 10.8 Å². The van der Waals surface area contributed by atoms with Gasteiger partial charge in [0.25, 0.3) is 5.69 Å². The highest BCUT2D eigenvalue weighted by Crippen LogP contribution is 2.47. The van der Waals surface area contributed by atoms with Crippen molar-refractivity contribution in [3.05, 3.63) is 79.9 Å². The van der Waals surface area contributed by atoms with E-state index in [0.717, 1.165) is 27.8 Å². The minimum atomic E-state index is -0.474. The van der Waals surface area contributed by atoms with Crippen molar-refractivity contribution in [2.24, 2.45) is 0 Å². The van der Waals surface area contributed by atoms with Gasteiger partial charge >= 0.3 is 0 Å². The average Bonchev–Trinajstić information content (AvgIpc) is 2.89. The van der Waals surface area contributed by atoms with Crippen molar-refractivity contribution in [2.75, 3.05) is 0 Å². The van der Waals surface area contributed by atoms with E-state index in [1.807, 2.05) is 24.3 Å². The van der Waals surface area contributed by atoms with Crippen LogP contribution in [0, 0.1) is 10.1 Å². The molecule has 2 aromatic rings. The third kappa shape index (κ3) is 2.20. The van der Waals surface area contributed by atoms with Crippen molar-refractivity contribution in [3.8, 4) is 0 Å². The Labute approximate surface area is 143 Å². The molecule has 24 heavy (non-hydrogen) atoms. The Morgan fingerprint density at radius 1 is 1.17 bits per heavy atom. The number of nitrogens with zero attached hydrogens (tertiary/aromatic N) is 1. The first-order chi connectivity index (χ1) is 11.6. The van der Waals surface area contributed by atoms with E-state index in [0.29, 0.717) is 12.8 Å². The predicted octanol–water partition coefficient (Wildman–Crippen LogP) is 4.01. The summed E-state index contributed by atoms with van der Waals surface area (Å²) in [5, 5.41) is 14.4. The maximum absolute atomic E-state index is 11.8. The Morgan fingerprint density at radius 3 is 2.75 bits per heavy atom. The zero-order valence-corrected chi connectivity index (χ0v) is 13.3. The van der Waals surface area contributed by atoms with E-state index in [1.54, 1.807) is 12.1 Å². The summed E-state index contributed by atoms with van der Waals surface area (Å²) in [7, 11) is 0. The zero-order chi connectivity index (χ0) is 16.8. The molecule has 120 valence electrons. The highest BCUT2D eigenvalue weighted by molar-refractivity contribution is 6.32. The number of rotatable bonds is 2. The number of halogens is 1. The number of nitro benzene ring substituents is 1. The smallest absolute Gasteiger partial charge is 0.288 e. The summed E-state index contributed by atoms with van der Waals surface area (Å²) < 4.78 is 0. The lowest BCUT2D eigenvalue weighted by molar-refractivity contribution is -0.384. The average molecular weight is 341 g/mol. The van der Waals surface area contributed by atoms with Crippen LogP contribution in [0.25, 0.3) is 5.57 Å². The van der Waals surface area contributed by atoms with Crippen LogP contribution in [0.4, 0.5) is 5.69 Å². The zero-order valence-electron chi connectivity index (χ0n) is 12.6. The van der Waals surface area contributed by atoms with Crippen molar-refractivity contribution in [3.63, 3.8) is 0 Å². The molecule has 1 N–H and O–H groups in total. The van der Waals surface area contributed by atoms with Crippen LogP contribution in [0.3, 0.4) is 0 Å². The standard InChI is InChI=1S/C18H13ClN2O3/c19-14-7-5-10(9-15(14)21(23)24)17-11-3-1-2-4-12(11)18-13(17)6-8-16(22)20-18/h1-5,7,9,18H,6,8H2,(H,20,22). The van der Waals surface area contributed by atoms with Gasteiger partial charge in [0.1, 0.15) is 5.02 Å². The molecule has 1 aliphatic heterocycles. The lowest BCUT2D eigenvalue weighted by Crippen LogP contribution is -2.32. The highest BCUT2D eigenvalue weighted by atomic mass is 35.5. The molecule has 1 atom stereocenters. The van der Waals surface area contributed by atoms with Crippen molar-refractivity contribution in [1.82, 2.24) is 5.32 Å². The molecule has 1 heterocycles. The van der Waals surface area contributed by atoms with Crippen LogP contribution in [0.5, 0.6) is 0 Å². The van der Waals surface area contributed by atoms with Crippen LogP contribution in [-0.2, 0) is 4.79 Å². The van der Waals surface area contributed by atoms with Crippen molar-refractivity contribution >= 4 is 28.8 Å². The first-order valence-corrected chi connectivity index (χ1v) is 8.00. The number of benzene rings is 2. The quantitative estimate of drug-likeness (QED) is 0.663. The molecule has 1 aliphatic carbocycles. The van der Waals surface area contributed by atoms with Crippen LogP contribution in [0.1, 0.15) is 35.6 Å². The molecule has 0 aromatic heterocycles. The van der Waals surface area contributed by atoms with Gasteiger partial charge in [-0.2, -0.15) is 0 Å². The Hall–Kier alpha value is -2.66. The predicted molar refractivity (Wildman–Crippen MR) is 90.7 cm³/mol. The summed E-state index contributed by atoms with van der Waals surface area (Å²) in [6, 6.07) is 12.6. The topological polar surface area (TPSA) is 72.2 Å². The lowest BCUT2D eigenvalue weighted by Gasteiger charge is -2.23. The molecular formula is C18H13ClN2O3. The number of hydrogen-bond donors (Lipinski definition) is 1. The molecule has 0 saturated carbocycles. The second kappa shape index (κ2) is 5.46. The van der Waals surface area contributed by atoms with Gasteiger partial charge in [0.15, 0.2) is 0 Å². The maximum Gasteiger partial charge on any atom is 0.288 e. The van der Waals surface area contributed by atoms with Crippen LogP contribution < -0.4 is 5.32 Å². The normalized spacial score (nSPS) is 18.9. The second-order valence-corrected chi connectivity index (χ2v) is 6.32. The number of hydrogen-bond acceptors (Lipinski definition) is 3. The Balaban J connectivity index is 1.93. The molecule has 0 spiro atoms. The number of fused-ring (bicyclic) bond motifs is 3. The SMILES string of the molecule is O=C1CCC2=C(c3ccc(Cl)c([N+](=O)[O-])c3)c3ccccc3C2N1. The van der Waals surface area contributed by atoms with Crippen LogP contribution >= 0.6 is 11.6 Å². The fourth-order valence-corrected chi connectivity index (χ4v) is 3.73. The summed E-state index contributed by atoms with van der Waals surface area (Å²) >= 11 is 5.94. The summed E-state index contributed by atoms with van der Waals surface area (Å²) in [6.07, 6.45) is 1.08. The van der Waals surface area contributed by atoms with Crippen LogP contribution in [0.15, 0.2) is 48.0 Å². The first kappa shape index (κ1) is 14.9. The van der Waals surface area contributed by atoms with E-state index in [-0.39, 0.29) is 22.7 Å². The molecule has 1 unspecified atom stereocenters. The second-order valence-electron chi connectivity index (χ2n) is 5.91. The number of piperidine rings is 1. The highest BCUT2D eigenvalue weighted by Gasteiger charge is 2.35. The van der Waals surface area contributed by atoms with Gasteiger partial charge in [-0.25, -0.2) is 0 Å². The van der Waals surface area contributed by atoms with E-state index in [2.05, 4.69) is 5.32 Å². The van der Waals surface area contributed by atoms with Gasteiger partial charge in [0.2, 0.25) is 5.91 Å². The Morgan fingerprint density at radius 2 is 1.96 bits per heavy atom. The van der Waals surface area contributed by atoms with Crippen LogP contribution in [0.2, 0.25) is 5.02 Å². The van der Waals surface area contributed by atoms with E-state index >= 15 is 0 Å². The fraction of sp³-hybridized carbons (Fsp3) is 0.167. The van der Waals surface area contributed by atoms with E-state index < -0.39 is 4.92 Å². The molecule has 6 heteroatoms. The molecule has 1 fully saturated rings. The third-order valence-electron chi connectivity index (χ3n) is 4.57. The van der Waals surface area contributed by atoms with E-state index in [9.17, 15) is 14.9 Å². The van der Waals surface area contributed by atoms with E-state index in [4.69, 9.17) is 11.6 Å². The Bertz CT molecular complexity index is 920. The summed E-state index contributed by atoms with van der Waals surface area (Å²) in [5.41, 5.74) is 4.77. The first-order valence-electron chi connectivity index (χ1n) is 7.62. The maximum atomic E-state index is 11.8. The number of carbonyl (C=O) groups excluding carboxylic acids is 1. The molecule has 2 aliphatic rings. The van der Waals surface area contributed by atoms with Crippen molar-refractivity contribution in [1.29, 1.82) is 0 Å². The minimum Gasteiger partial charge on any atom is -0.345 e. The minimum absolute atomic E-state index is 0.0295. The van der Waals surface area contributed by atoms with Gasteiger partial charge in [-0.05, 0) is 40.3 Å². The molecule has 5 nitrogen and oxygen atoms in total. The molecule has 0 bridgehead atoms. The lowest BCUT2D eigenvalue weighted by atomic mass is 9.93. The number of nitro groups is 1. The largest absolute Gasteiger partial charge is 0.345 e. The summed E-state index contributed by atoms with van der Waals surface area (Å²) in [5.74, 6) is 0.0295. The Kier molecular flexibility index (Phi) is 3.39. The number of amides is 1. The molecule has 1 saturated heterocycles. The molecule has 2 aromatic carbocycles. The van der Waals surface area contributed by atoms with Gasteiger partial charge in [0.05, 0.1) is 11.0 Å². The van der Waals surface area contributed by atoms with Gasteiger partial charge in [0, 0.05) is 12.5 Å². The summed E-state index contributed by atoms with van der Waals surface area (Å²) in [6.45, 7) is 0. The monoisotopic (exact) mass is 340 g/mol. The molecular weight excluding hydrogens is 328 g/mol. The number of carbonyl (C=O) groups is 1. The van der Waals surface area contributed by atoms with Gasteiger partial charge in [-0.15, -0.1) is 0 Å². The fourth-order valence-electron chi connectivity index (χ4n) is 3.55. The number of nitrogens with one attached hydrogen (secondary N) is 1. The van der Waals surface area contributed by atoms with Gasteiger partial charge in [-0.1, -0.05) is 41.9 Å². The van der Waals surface area contributed by atoms with Gasteiger partial charge < -0.3 is 5.32 Å².